The number of aryl methyl sites for hydroxylation is 2. The van der Waals surface area contributed by atoms with E-state index in [2.05, 4.69) is 11.1 Å². The molecule has 2 heterocycles. The smallest absolute Gasteiger partial charge is 0.254 e. The highest BCUT2D eigenvalue weighted by molar-refractivity contribution is 6.06. The van der Waals surface area contributed by atoms with Gasteiger partial charge < -0.3 is 4.90 Å². The Kier molecular flexibility index (Phi) is 4.60. The summed E-state index contributed by atoms with van der Waals surface area (Å²) in [5.41, 5.74) is 4.05. The number of pyridine rings is 1. The number of hydrogen-bond acceptors (Lipinski definition) is 3. The predicted molar refractivity (Wildman–Crippen MR) is 110 cm³/mol. The van der Waals surface area contributed by atoms with Crippen LogP contribution in [0.1, 0.15) is 40.0 Å². The second-order valence-corrected chi connectivity index (χ2v) is 7.63. The van der Waals surface area contributed by atoms with Crippen molar-refractivity contribution in [3.8, 4) is 6.07 Å². The lowest BCUT2D eigenvalue weighted by Crippen LogP contribution is -2.44. The van der Waals surface area contributed by atoms with Gasteiger partial charge in [0.15, 0.2) is 0 Å². The summed E-state index contributed by atoms with van der Waals surface area (Å²) in [5, 5.41) is 10.8. The lowest BCUT2D eigenvalue weighted by atomic mass is 9.74. The van der Waals surface area contributed by atoms with Gasteiger partial charge in [-0.05, 0) is 43.9 Å². The van der Waals surface area contributed by atoms with Crippen LogP contribution in [0.5, 0.6) is 0 Å². The number of nitrogens with zero attached hydrogens (tertiary/aromatic N) is 3. The van der Waals surface area contributed by atoms with Crippen molar-refractivity contribution in [3.05, 3.63) is 77.0 Å². The number of hydrogen-bond donors (Lipinski definition) is 0. The molecule has 1 fully saturated rings. The topological polar surface area (TPSA) is 57.0 Å². The van der Waals surface area contributed by atoms with Crippen LogP contribution in [0, 0.1) is 25.2 Å². The van der Waals surface area contributed by atoms with Gasteiger partial charge in [0.2, 0.25) is 0 Å². The maximum absolute atomic E-state index is 13.3. The third kappa shape index (κ3) is 3.03. The average molecular weight is 369 g/mol. The first-order valence-electron chi connectivity index (χ1n) is 9.67. The quantitative estimate of drug-likeness (QED) is 0.666. The summed E-state index contributed by atoms with van der Waals surface area (Å²) in [7, 11) is 0. The summed E-state index contributed by atoms with van der Waals surface area (Å²) in [5.74, 6) is 0.0284. The molecule has 3 aromatic rings. The minimum Gasteiger partial charge on any atom is -0.338 e. The van der Waals surface area contributed by atoms with E-state index in [1.807, 2.05) is 73.3 Å². The Hall–Kier alpha value is -3.19. The van der Waals surface area contributed by atoms with E-state index in [-0.39, 0.29) is 5.91 Å². The van der Waals surface area contributed by atoms with Crippen molar-refractivity contribution in [2.24, 2.45) is 0 Å². The fourth-order valence-electron chi connectivity index (χ4n) is 4.18. The van der Waals surface area contributed by atoms with E-state index in [1.165, 1.54) is 0 Å². The van der Waals surface area contributed by atoms with Crippen LogP contribution in [0.4, 0.5) is 0 Å². The number of benzene rings is 2. The lowest BCUT2D eigenvalue weighted by molar-refractivity contribution is 0.0693. The van der Waals surface area contributed by atoms with Gasteiger partial charge in [-0.15, -0.1) is 0 Å². The number of carbonyl (C=O) groups is 1. The van der Waals surface area contributed by atoms with E-state index >= 15 is 0 Å². The van der Waals surface area contributed by atoms with Crippen molar-refractivity contribution in [3.63, 3.8) is 0 Å². The maximum atomic E-state index is 13.3. The monoisotopic (exact) mass is 369 g/mol. The van der Waals surface area contributed by atoms with Crippen molar-refractivity contribution in [1.82, 2.24) is 9.88 Å². The molecule has 0 aliphatic carbocycles. The summed E-state index contributed by atoms with van der Waals surface area (Å²) in [6.07, 6.45) is 1.31. The largest absolute Gasteiger partial charge is 0.338 e. The highest BCUT2D eigenvalue weighted by Gasteiger charge is 2.38. The number of rotatable bonds is 2. The highest BCUT2D eigenvalue weighted by atomic mass is 16.2. The molecule has 1 aliphatic rings. The van der Waals surface area contributed by atoms with Crippen LogP contribution in [0.3, 0.4) is 0 Å². The first-order valence-corrected chi connectivity index (χ1v) is 9.67. The van der Waals surface area contributed by atoms with Gasteiger partial charge in [-0.1, -0.05) is 48.5 Å². The Labute approximate surface area is 165 Å². The number of fused-ring (bicyclic) bond motifs is 1. The van der Waals surface area contributed by atoms with Crippen LogP contribution < -0.4 is 0 Å². The number of para-hydroxylation sites is 1. The van der Waals surface area contributed by atoms with Crippen LogP contribution in [0.2, 0.25) is 0 Å². The van der Waals surface area contributed by atoms with Crippen LogP contribution in [0.15, 0.2) is 54.6 Å². The standard InChI is InChI=1S/C24H23N3O/c1-17-7-6-10-20-21(15-18(2)26-22(17)20)23(28)27-13-11-24(16-25,12-14-27)19-8-4-3-5-9-19/h3-10,15H,11-14H2,1-2H3. The van der Waals surface area contributed by atoms with Gasteiger partial charge in [0.05, 0.1) is 22.6 Å². The molecular formula is C24H23N3O. The van der Waals surface area contributed by atoms with E-state index < -0.39 is 5.41 Å². The molecule has 4 heteroatoms. The van der Waals surface area contributed by atoms with Crippen LogP contribution in [-0.2, 0) is 5.41 Å². The van der Waals surface area contributed by atoms with Crippen LogP contribution >= 0.6 is 0 Å². The van der Waals surface area contributed by atoms with Crippen molar-refractivity contribution in [2.75, 3.05) is 13.1 Å². The molecular weight excluding hydrogens is 346 g/mol. The van der Waals surface area contributed by atoms with Gasteiger partial charge in [0.1, 0.15) is 0 Å². The molecule has 0 unspecified atom stereocenters. The molecule has 1 saturated heterocycles. The Morgan fingerprint density at radius 1 is 1.07 bits per heavy atom. The van der Waals surface area contributed by atoms with Gasteiger partial charge in [0, 0.05) is 24.2 Å². The van der Waals surface area contributed by atoms with Gasteiger partial charge in [-0.3, -0.25) is 9.78 Å². The van der Waals surface area contributed by atoms with E-state index in [0.717, 1.165) is 27.7 Å². The van der Waals surface area contributed by atoms with Gasteiger partial charge in [-0.25, -0.2) is 0 Å². The van der Waals surface area contributed by atoms with Crippen molar-refractivity contribution in [2.45, 2.75) is 32.1 Å². The zero-order valence-electron chi connectivity index (χ0n) is 16.3. The van der Waals surface area contributed by atoms with Crippen molar-refractivity contribution >= 4 is 16.8 Å². The summed E-state index contributed by atoms with van der Waals surface area (Å²) in [4.78, 5) is 19.8. The first kappa shape index (κ1) is 18.2. The zero-order valence-corrected chi connectivity index (χ0v) is 16.3. The van der Waals surface area contributed by atoms with Gasteiger partial charge in [0.25, 0.3) is 5.91 Å². The molecule has 0 N–H and O–H groups in total. The fraction of sp³-hybridized carbons (Fsp3) is 0.292. The van der Waals surface area contributed by atoms with E-state index in [4.69, 9.17) is 0 Å². The average Bonchev–Trinajstić information content (AvgIpc) is 2.74. The second-order valence-electron chi connectivity index (χ2n) is 7.63. The van der Waals surface area contributed by atoms with Crippen molar-refractivity contribution in [1.29, 1.82) is 5.26 Å². The third-order valence-electron chi connectivity index (χ3n) is 5.84. The minimum absolute atomic E-state index is 0.0284. The number of likely N-dealkylation sites (tertiary alicyclic amines) is 1. The number of amides is 1. The number of piperidine rings is 1. The molecule has 4 nitrogen and oxygen atoms in total. The molecule has 1 amide bonds. The molecule has 140 valence electrons. The molecule has 0 radical (unpaired) electrons. The first-order chi connectivity index (χ1) is 13.5. The number of carbonyl (C=O) groups excluding carboxylic acids is 1. The Morgan fingerprint density at radius 3 is 2.46 bits per heavy atom. The fourth-order valence-corrected chi connectivity index (χ4v) is 4.18. The normalized spacial score (nSPS) is 16.0. The Balaban J connectivity index is 1.63. The molecule has 0 saturated carbocycles. The van der Waals surface area contributed by atoms with Crippen LogP contribution in [-0.4, -0.2) is 28.9 Å². The van der Waals surface area contributed by atoms with Crippen LogP contribution in [0.25, 0.3) is 10.9 Å². The number of aromatic nitrogens is 1. The molecule has 0 bridgehead atoms. The lowest BCUT2D eigenvalue weighted by Gasteiger charge is -2.37. The highest BCUT2D eigenvalue weighted by Crippen LogP contribution is 2.35. The predicted octanol–water partition coefficient (Wildman–Crippen LogP) is 4.55. The Bertz CT molecular complexity index is 1070. The third-order valence-corrected chi connectivity index (χ3v) is 5.84. The maximum Gasteiger partial charge on any atom is 0.254 e. The van der Waals surface area contributed by atoms with E-state index in [0.29, 0.717) is 31.5 Å². The molecule has 0 atom stereocenters. The SMILES string of the molecule is Cc1cc(C(=O)N2CCC(C#N)(c3ccccc3)CC2)c2cccc(C)c2n1. The molecule has 1 aromatic heterocycles. The molecule has 28 heavy (non-hydrogen) atoms. The van der Waals surface area contributed by atoms with Gasteiger partial charge in [-0.2, -0.15) is 5.26 Å². The molecule has 2 aromatic carbocycles. The minimum atomic E-state index is -0.509. The summed E-state index contributed by atoms with van der Waals surface area (Å²) < 4.78 is 0. The summed E-state index contributed by atoms with van der Waals surface area (Å²) in [6, 6.07) is 20.3. The molecule has 4 rings (SSSR count). The Morgan fingerprint density at radius 2 is 1.79 bits per heavy atom. The second kappa shape index (κ2) is 7.09. The summed E-state index contributed by atoms with van der Waals surface area (Å²) in [6.45, 7) is 5.10. The van der Waals surface area contributed by atoms with Crippen molar-refractivity contribution < 1.29 is 4.79 Å². The van der Waals surface area contributed by atoms with E-state index in [9.17, 15) is 10.1 Å². The molecule has 0 spiro atoms. The van der Waals surface area contributed by atoms with E-state index in [1.54, 1.807) is 0 Å². The number of nitriles is 1. The summed E-state index contributed by atoms with van der Waals surface area (Å²) >= 11 is 0. The zero-order chi connectivity index (χ0) is 19.7. The van der Waals surface area contributed by atoms with Gasteiger partial charge >= 0.3 is 0 Å². The molecule has 1 aliphatic heterocycles.